The molecule has 1 aromatic heterocycles. The quantitative estimate of drug-likeness (QED) is 0.702. The zero-order valence-electron chi connectivity index (χ0n) is 18.4. The van der Waals surface area contributed by atoms with Gasteiger partial charge in [0.05, 0.1) is 23.7 Å². The molecule has 2 aromatic carbocycles. The number of benzene rings is 2. The summed E-state index contributed by atoms with van der Waals surface area (Å²) in [6.07, 6.45) is 0. The third-order valence-electron chi connectivity index (χ3n) is 5.63. The van der Waals surface area contributed by atoms with Crippen molar-refractivity contribution < 1.29 is 14.3 Å². The number of H-pyrrole nitrogens is 1. The molecule has 162 valence electrons. The highest BCUT2D eigenvalue weighted by Crippen LogP contribution is 2.31. The van der Waals surface area contributed by atoms with Crippen molar-refractivity contribution in [3.63, 3.8) is 0 Å². The Morgan fingerprint density at radius 2 is 1.77 bits per heavy atom. The number of ether oxygens (including phenoxy) is 1. The van der Waals surface area contributed by atoms with E-state index in [0.29, 0.717) is 36.8 Å². The summed E-state index contributed by atoms with van der Waals surface area (Å²) in [7, 11) is 1.56. The Labute approximate surface area is 182 Å². The molecular weight excluding hydrogens is 392 g/mol. The molecular formula is C24H28N4O3. The standard InChI is InChI=1S/C24H28N4O3/c1-24(2,3)23(30)28-14-13-27(22(29)16-9-5-8-12-20(16)31-4)15-19(28)21-25-17-10-6-7-11-18(17)26-21/h5-12,19H,13-15H2,1-4H3,(H,25,26). The molecule has 1 atom stereocenters. The summed E-state index contributed by atoms with van der Waals surface area (Å²) >= 11 is 0. The lowest BCUT2D eigenvalue weighted by Gasteiger charge is -2.43. The third kappa shape index (κ3) is 4.00. The number of amides is 2. The summed E-state index contributed by atoms with van der Waals surface area (Å²) < 4.78 is 5.38. The predicted octanol–water partition coefficient (Wildman–Crippen LogP) is 3.64. The number of hydrogen-bond acceptors (Lipinski definition) is 4. The first kappa shape index (κ1) is 20.9. The van der Waals surface area contributed by atoms with E-state index in [1.54, 1.807) is 24.1 Å². The van der Waals surface area contributed by atoms with Gasteiger partial charge in [-0.05, 0) is 24.3 Å². The number of fused-ring (bicyclic) bond motifs is 1. The van der Waals surface area contributed by atoms with Gasteiger partial charge >= 0.3 is 0 Å². The van der Waals surface area contributed by atoms with Gasteiger partial charge in [-0.15, -0.1) is 0 Å². The second-order valence-corrected chi connectivity index (χ2v) is 8.85. The van der Waals surface area contributed by atoms with E-state index in [-0.39, 0.29) is 17.9 Å². The molecule has 7 nitrogen and oxygen atoms in total. The number of hydrogen-bond donors (Lipinski definition) is 1. The van der Waals surface area contributed by atoms with Crippen molar-refractivity contribution in [3.8, 4) is 5.75 Å². The molecule has 7 heteroatoms. The molecule has 1 aliphatic rings. The Morgan fingerprint density at radius 3 is 2.48 bits per heavy atom. The van der Waals surface area contributed by atoms with E-state index in [9.17, 15) is 9.59 Å². The van der Waals surface area contributed by atoms with E-state index < -0.39 is 5.41 Å². The topological polar surface area (TPSA) is 78.5 Å². The van der Waals surface area contributed by atoms with E-state index in [4.69, 9.17) is 9.72 Å². The number of imidazole rings is 1. The van der Waals surface area contributed by atoms with Crippen LogP contribution in [0.5, 0.6) is 5.75 Å². The first-order chi connectivity index (χ1) is 14.8. The lowest BCUT2D eigenvalue weighted by atomic mass is 9.93. The number of methoxy groups -OCH3 is 1. The fourth-order valence-electron chi connectivity index (χ4n) is 4.00. The van der Waals surface area contributed by atoms with Crippen LogP contribution in [0.25, 0.3) is 11.0 Å². The Kier molecular flexibility index (Phi) is 5.43. The van der Waals surface area contributed by atoms with Gasteiger partial charge in [-0.1, -0.05) is 45.0 Å². The SMILES string of the molecule is COc1ccccc1C(=O)N1CCN(C(=O)C(C)(C)C)C(c2nc3ccccc3[nH]2)C1. The Balaban J connectivity index is 1.69. The van der Waals surface area contributed by atoms with Gasteiger partial charge in [0.1, 0.15) is 17.6 Å². The zero-order valence-corrected chi connectivity index (χ0v) is 18.4. The molecule has 2 heterocycles. The molecule has 1 unspecified atom stereocenters. The third-order valence-corrected chi connectivity index (χ3v) is 5.63. The van der Waals surface area contributed by atoms with Crippen LogP contribution >= 0.6 is 0 Å². The second-order valence-electron chi connectivity index (χ2n) is 8.85. The predicted molar refractivity (Wildman–Crippen MR) is 119 cm³/mol. The second kappa shape index (κ2) is 8.06. The van der Waals surface area contributed by atoms with Crippen LogP contribution in [0.15, 0.2) is 48.5 Å². The van der Waals surface area contributed by atoms with Gasteiger partial charge < -0.3 is 19.5 Å². The summed E-state index contributed by atoms with van der Waals surface area (Å²) in [6.45, 7) is 7.00. The minimum atomic E-state index is -0.529. The number of para-hydroxylation sites is 3. The van der Waals surface area contributed by atoms with E-state index in [2.05, 4.69) is 4.98 Å². The van der Waals surface area contributed by atoms with Crippen molar-refractivity contribution in [1.82, 2.24) is 19.8 Å². The maximum Gasteiger partial charge on any atom is 0.257 e. The van der Waals surface area contributed by atoms with Crippen LogP contribution in [0.2, 0.25) is 0 Å². The van der Waals surface area contributed by atoms with Crippen LogP contribution < -0.4 is 4.74 Å². The van der Waals surface area contributed by atoms with E-state index in [1.807, 2.05) is 62.1 Å². The van der Waals surface area contributed by atoms with E-state index >= 15 is 0 Å². The number of aromatic amines is 1. The Bertz CT molecular complexity index is 1080. The van der Waals surface area contributed by atoms with Crippen molar-refractivity contribution in [3.05, 3.63) is 59.9 Å². The summed E-state index contributed by atoms with van der Waals surface area (Å²) in [5, 5.41) is 0. The first-order valence-electron chi connectivity index (χ1n) is 10.5. The van der Waals surface area contributed by atoms with Gasteiger partial charge in [0.15, 0.2) is 0 Å². The summed E-state index contributed by atoms with van der Waals surface area (Å²) in [5.74, 6) is 1.17. The van der Waals surface area contributed by atoms with Crippen molar-refractivity contribution in [1.29, 1.82) is 0 Å². The number of piperazine rings is 1. The average molecular weight is 421 g/mol. The number of nitrogens with zero attached hydrogens (tertiary/aromatic N) is 3. The minimum absolute atomic E-state index is 0.0438. The molecule has 1 N–H and O–H groups in total. The number of carbonyl (C=O) groups is 2. The molecule has 1 saturated heterocycles. The minimum Gasteiger partial charge on any atom is -0.496 e. The largest absolute Gasteiger partial charge is 0.496 e. The Morgan fingerprint density at radius 1 is 1.06 bits per heavy atom. The summed E-state index contributed by atoms with van der Waals surface area (Å²) in [6, 6.07) is 14.6. The van der Waals surface area contributed by atoms with Gasteiger partial charge in [0.2, 0.25) is 5.91 Å². The molecule has 1 fully saturated rings. The maximum absolute atomic E-state index is 13.3. The lowest BCUT2D eigenvalue weighted by Crippen LogP contribution is -2.54. The molecule has 2 amide bonds. The molecule has 31 heavy (non-hydrogen) atoms. The highest BCUT2D eigenvalue weighted by Gasteiger charge is 2.39. The first-order valence-corrected chi connectivity index (χ1v) is 10.5. The van der Waals surface area contributed by atoms with Gasteiger partial charge in [0.25, 0.3) is 5.91 Å². The molecule has 0 saturated carbocycles. The highest BCUT2D eigenvalue weighted by molar-refractivity contribution is 5.97. The number of aromatic nitrogens is 2. The molecule has 1 aliphatic heterocycles. The molecule has 0 bridgehead atoms. The number of nitrogens with one attached hydrogen (secondary N) is 1. The highest BCUT2D eigenvalue weighted by atomic mass is 16.5. The van der Waals surface area contributed by atoms with Crippen LogP contribution in [0.3, 0.4) is 0 Å². The van der Waals surface area contributed by atoms with Gasteiger partial charge in [-0.25, -0.2) is 4.98 Å². The average Bonchev–Trinajstić information content (AvgIpc) is 3.21. The van der Waals surface area contributed by atoms with Crippen LogP contribution in [-0.2, 0) is 4.79 Å². The lowest BCUT2D eigenvalue weighted by molar-refractivity contribution is -0.144. The monoisotopic (exact) mass is 420 g/mol. The van der Waals surface area contributed by atoms with Crippen LogP contribution in [-0.4, -0.2) is 58.3 Å². The van der Waals surface area contributed by atoms with Gasteiger partial charge in [-0.3, -0.25) is 9.59 Å². The molecule has 4 rings (SSSR count). The fraction of sp³-hybridized carbons (Fsp3) is 0.375. The maximum atomic E-state index is 13.3. The summed E-state index contributed by atoms with van der Waals surface area (Å²) in [5.41, 5.74) is 1.74. The van der Waals surface area contributed by atoms with Crippen LogP contribution in [0, 0.1) is 5.41 Å². The normalized spacial score (nSPS) is 17.1. The molecule has 0 radical (unpaired) electrons. The fourth-order valence-corrected chi connectivity index (χ4v) is 4.00. The van der Waals surface area contributed by atoms with Crippen molar-refractivity contribution in [2.45, 2.75) is 26.8 Å². The van der Waals surface area contributed by atoms with Crippen LogP contribution in [0.4, 0.5) is 0 Å². The number of carbonyl (C=O) groups excluding carboxylic acids is 2. The van der Waals surface area contributed by atoms with E-state index in [0.717, 1.165) is 11.0 Å². The zero-order chi connectivity index (χ0) is 22.2. The van der Waals surface area contributed by atoms with Crippen molar-refractivity contribution in [2.24, 2.45) is 5.41 Å². The Hall–Kier alpha value is -3.35. The van der Waals surface area contributed by atoms with Crippen molar-refractivity contribution >= 4 is 22.8 Å². The molecule has 3 aromatic rings. The van der Waals surface area contributed by atoms with Crippen molar-refractivity contribution in [2.75, 3.05) is 26.7 Å². The van der Waals surface area contributed by atoms with Gasteiger partial charge in [-0.2, -0.15) is 0 Å². The smallest absolute Gasteiger partial charge is 0.257 e. The summed E-state index contributed by atoms with van der Waals surface area (Å²) in [4.78, 5) is 38.3. The van der Waals surface area contributed by atoms with E-state index in [1.165, 1.54) is 0 Å². The van der Waals surface area contributed by atoms with Gasteiger partial charge in [0, 0.05) is 25.0 Å². The van der Waals surface area contributed by atoms with Crippen LogP contribution in [0.1, 0.15) is 43.0 Å². The number of rotatable bonds is 3. The molecule has 0 spiro atoms. The molecule has 0 aliphatic carbocycles.